The highest BCUT2D eigenvalue weighted by atomic mass is 35.5. The van der Waals surface area contributed by atoms with Gasteiger partial charge >= 0.3 is 5.97 Å². The highest BCUT2D eigenvalue weighted by Crippen LogP contribution is 2.13. The lowest BCUT2D eigenvalue weighted by Gasteiger charge is -2.07. The van der Waals surface area contributed by atoms with Crippen LogP contribution in [0, 0.1) is 0 Å². The van der Waals surface area contributed by atoms with E-state index in [0.29, 0.717) is 6.42 Å². The van der Waals surface area contributed by atoms with Crippen molar-refractivity contribution < 1.29 is 14.3 Å². The van der Waals surface area contributed by atoms with Crippen LogP contribution in [-0.2, 0) is 14.3 Å². The highest BCUT2D eigenvalue weighted by molar-refractivity contribution is 6.02. The van der Waals surface area contributed by atoms with Crippen LogP contribution in [0.1, 0.15) is 96.8 Å². The van der Waals surface area contributed by atoms with Gasteiger partial charge in [-0.3, -0.25) is 4.79 Å². The van der Waals surface area contributed by atoms with Crippen LogP contribution in [0.5, 0.6) is 0 Å². The smallest absolute Gasteiger partial charge is 0.330 e. The van der Waals surface area contributed by atoms with Gasteiger partial charge < -0.3 is 10.5 Å². The number of unbranched alkanes of at least 4 members (excludes halogenated alkanes) is 12. The molecule has 0 rings (SSSR count). The van der Waals surface area contributed by atoms with Crippen LogP contribution in [0.25, 0.3) is 0 Å². The summed E-state index contributed by atoms with van der Waals surface area (Å²) >= 11 is 0. The predicted octanol–water partition coefficient (Wildman–Crippen LogP) is 4.96. The zero-order valence-electron chi connectivity index (χ0n) is 15.7. The number of carbonyl (C=O) groups excluding carboxylic acids is 2. The molecule has 4 nitrogen and oxygen atoms in total. The lowest BCUT2D eigenvalue weighted by Crippen LogP contribution is -2.39. The Hall–Kier alpha value is -0.610. The van der Waals surface area contributed by atoms with E-state index in [0.717, 1.165) is 19.3 Å². The van der Waals surface area contributed by atoms with Crippen molar-refractivity contribution in [2.24, 2.45) is 5.73 Å². The fourth-order valence-corrected chi connectivity index (χ4v) is 2.73. The molecule has 24 heavy (non-hydrogen) atoms. The Kier molecular flexibility index (Phi) is 20.0. The van der Waals surface area contributed by atoms with Crippen LogP contribution in [0.4, 0.5) is 0 Å². The third-order valence-corrected chi connectivity index (χ3v) is 4.33. The van der Waals surface area contributed by atoms with Crippen molar-refractivity contribution in [2.75, 3.05) is 7.11 Å². The largest absolute Gasteiger partial charge is 0.468 e. The molecule has 5 heteroatoms. The first-order valence-electron chi connectivity index (χ1n) is 9.49. The number of esters is 1. The molecular weight excluding hydrogens is 326 g/mol. The minimum Gasteiger partial charge on any atom is -0.468 e. The first kappa shape index (κ1) is 25.6. The molecule has 1 atom stereocenters. The summed E-state index contributed by atoms with van der Waals surface area (Å²) in [6.07, 6.45) is 16.9. The molecule has 0 saturated heterocycles. The standard InChI is InChI=1S/C19H37NO3.ClH/c1-3-4-5-6-7-8-9-10-11-12-13-14-15-16-17(21)18(20)19(22)23-2;/h18H,3-16,20H2,1-2H3;1H. The Balaban J connectivity index is 0. The Morgan fingerprint density at radius 1 is 0.792 bits per heavy atom. The average molecular weight is 364 g/mol. The number of methoxy groups -OCH3 is 1. The number of nitrogens with two attached hydrogens (primary N) is 1. The third-order valence-electron chi connectivity index (χ3n) is 4.33. The molecule has 0 radical (unpaired) electrons. The van der Waals surface area contributed by atoms with E-state index in [4.69, 9.17) is 5.73 Å². The van der Waals surface area contributed by atoms with Gasteiger partial charge in [0.2, 0.25) is 0 Å². The van der Waals surface area contributed by atoms with Crippen LogP contribution in [-0.4, -0.2) is 24.9 Å². The van der Waals surface area contributed by atoms with E-state index >= 15 is 0 Å². The molecule has 0 aromatic rings. The van der Waals surface area contributed by atoms with E-state index in [1.807, 2.05) is 0 Å². The minimum atomic E-state index is -1.10. The summed E-state index contributed by atoms with van der Waals surface area (Å²) in [6.45, 7) is 2.25. The normalized spacial score (nSPS) is 11.6. The molecule has 0 amide bonds. The van der Waals surface area contributed by atoms with Crippen molar-refractivity contribution in [3.05, 3.63) is 0 Å². The number of hydrogen-bond donors (Lipinski definition) is 1. The zero-order valence-corrected chi connectivity index (χ0v) is 16.5. The summed E-state index contributed by atoms with van der Waals surface area (Å²) in [4.78, 5) is 22.7. The van der Waals surface area contributed by atoms with E-state index in [-0.39, 0.29) is 18.2 Å². The van der Waals surface area contributed by atoms with E-state index in [1.165, 1.54) is 71.3 Å². The summed E-state index contributed by atoms with van der Waals surface area (Å²) in [7, 11) is 1.25. The van der Waals surface area contributed by atoms with E-state index in [1.54, 1.807) is 0 Å². The van der Waals surface area contributed by atoms with Gasteiger partial charge in [0.15, 0.2) is 11.8 Å². The molecule has 1 unspecified atom stereocenters. The lowest BCUT2D eigenvalue weighted by molar-refractivity contribution is -0.145. The van der Waals surface area contributed by atoms with Gasteiger partial charge in [0.05, 0.1) is 7.11 Å². The SMILES string of the molecule is CCCCCCCCCCCCCCCC(=O)C(N)C(=O)OC.Cl. The number of ether oxygens (including phenoxy) is 1. The van der Waals surface area contributed by atoms with Crippen molar-refractivity contribution in [3.63, 3.8) is 0 Å². The molecule has 0 aliphatic rings. The molecule has 0 spiro atoms. The number of Topliss-reactive ketones (excluding diaryl/α,β-unsaturated/α-hetero) is 1. The lowest BCUT2D eigenvalue weighted by atomic mass is 10.0. The quantitative estimate of drug-likeness (QED) is 0.239. The van der Waals surface area contributed by atoms with Crippen molar-refractivity contribution in [2.45, 2.75) is 103 Å². The molecule has 144 valence electrons. The second-order valence-electron chi connectivity index (χ2n) is 6.46. The van der Waals surface area contributed by atoms with Crippen LogP contribution in [0.3, 0.4) is 0 Å². The molecule has 0 fully saturated rings. The molecular formula is C19H38ClNO3. The van der Waals surface area contributed by atoms with Gasteiger partial charge in [-0.25, -0.2) is 4.79 Å². The Morgan fingerprint density at radius 3 is 1.54 bits per heavy atom. The first-order chi connectivity index (χ1) is 11.1. The minimum absolute atomic E-state index is 0. The molecule has 0 aromatic carbocycles. The van der Waals surface area contributed by atoms with Gasteiger partial charge in [0.25, 0.3) is 0 Å². The predicted molar refractivity (Wildman–Crippen MR) is 103 cm³/mol. The Morgan fingerprint density at radius 2 is 1.17 bits per heavy atom. The molecule has 0 bridgehead atoms. The van der Waals surface area contributed by atoms with E-state index in [9.17, 15) is 9.59 Å². The van der Waals surface area contributed by atoms with Gasteiger partial charge in [-0.2, -0.15) is 0 Å². The maximum atomic E-state index is 11.6. The van der Waals surface area contributed by atoms with Crippen molar-refractivity contribution in [3.8, 4) is 0 Å². The third kappa shape index (κ3) is 14.9. The molecule has 0 aliphatic heterocycles. The summed E-state index contributed by atoms with van der Waals surface area (Å²) in [6, 6.07) is -1.10. The number of hydrogen-bond acceptors (Lipinski definition) is 4. The second-order valence-corrected chi connectivity index (χ2v) is 6.46. The van der Waals surface area contributed by atoms with Crippen LogP contribution in [0.15, 0.2) is 0 Å². The molecule has 0 heterocycles. The van der Waals surface area contributed by atoms with Crippen molar-refractivity contribution in [1.82, 2.24) is 0 Å². The van der Waals surface area contributed by atoms with Gasteiger partial charge in [-0.05, 0) is 6.42 Å². The van der Waals surface area contributed by atoms with Crippen molar-refractivity contribution >= 4 is 24.2 Å². The first-order valence-corrected chi connectivity index (χ1v) is 9.49. The summed E-state index contributed by atoms with van der Waals surface area (Å²) in [5, 5.41) is 0. The van der Waals surface area contributed by atoms with Crippen molar-refractivity contribution in [1.29, 1.82) is 0 Å². The van der Waals surface area contributed by atoms with E-state index < -0.39 is 12.0 Å². The fraction of sp³-hybridized carbons (Fsp3) is 0.895. The Bertz CT molecular complexity index is 311. The van der Waals surface area contributed by atoms with Crippen LogP contribution >= 0.6 is 12.4 Å². The van der Waals surface area contributed by atoms with Crippen LogP contribution in [0.2, 0.25) is 0 Å². The molecule has 0 aromatic heterocycles. The summed E-state index contributed by atoms with van der Waals surface area (Å²) in [5.74, 6) is -0.843. The molecule has 0 saturated carbocycles. The summed E-state index contributed by atoms with van der Waals surface area (Å²) in [5.41, 5.74) is 5.49. The number of ketones is 1. The summed E-state index contributed by atoms with van der Waals surface area (Å²) < 4.78 is 4.47. The maximum Gasteiger partial charge on any atom is 0.330 e. The number of rotatable bonds is 16. The topological polar surface area (TPSA) is 69.4 Å². The molecule has 0 aliphatic carbocycles. The van der Waals surface area contributed by atoms with E-state index in [2.05, 4.69) is 11.7 Å². The van der Waals surface area contributed by atoms with Crippen LogP contribution < -0.4 is 5.73 Å². The Labute approximate surface area is 154 Å². The zero-order chi connectivity index (χ0) is 17.3. The van der Waals surface area contributed by atoms with Gasteiger partial charge in [0, 0.05) is 6.42 Å². The average Bonchev–Trinajstić information content (AvgIpc) is 2.57. The second kappa shape index (κ2) is 18.7. The molecule has 2 N–H and O–H groups in total. The number of carbonyl (C=O) groups is 2. The highest BCUT2D eigenvalue weighted by Gasteiger charge is 2.21. The van der Waals surface area contributed by atoms with Gasteiger partial charge in [-0.1, -0.05) is 84.0 Å². The monoisotopic (exact) mass is 363 g/mol. The van der Waals surface area contributed by atoms with Gasteiger partial charge in [-0.15, -0.1) is 12.4 Å². The number of halogens is 1. The van der Waals surface area contributed by atoms with Gasteiger partial charge in [0.1, 0.15) is 0 Å². The maximum absolute atomic E-state index is 11.6. The fourth-order valence-electron chi connectivity index (χ4n) is 2.73.